The van der Waals surface area contributed by atoms with E-state index >= 15 is 0 Å². The largest absolute Gasteiger partial charge is 0.508 e. The summed E-state index contributed by atoms with van der Waals surface area (Å²) in [5.74, 6) is -1.84. The molecule has 0 fully saturated rings. The van der Waals surface area contributed by atoms with Crippen LogP contribution in [0, 0.1) is 5.95 Å². The summed E-state index contributed by atoms with van der Waals surface area (Å²) < 4.78 is 16.0. The number of benzene rings is 2. The zero-order valence-electron chi connectivity index (χ0n) is 12.0. The Labute approximate surface area is 130 Å². The molecule has 0 aliphatic carbocycles. The maximum atomic E-state index is 14.7. The van der Waals surface area contributed by atoms with Crippen molar-refractivity contribution in [3.63, 3.8) is 0 Å². The minimum Gasteiger partial charge on any atom is -0.508 e. The number of carboxylic acids is 1. The highest BCUT2D eigenvalue weighted by Gasteiger charge is 2.21. The Hall–Kier alpha value is -3.02. The van der Waals surface area contributed by atoms with Crippen LogP contribution in [0.4, 0.5) is 4.39 Å². The SMILES string of the molecule is O=C(O)Cc1c(F)n(Cc2ccc(O)cc2)c2c(O)cccc12. The minimum absolute atomic E-state index is 0.0437. The van der Waals surface area contributed by atoms with Gasteiger partial charge in [0.2, 0.25) is 0 Å². The number of fused-ring (bicyclic) bond motifs is 1. The van der Waals surface area contributed by atoms with Crippen LogP contribution in [0.2, 0.25) is 0 Å². The van der Waals surface area contributed by atoms with Crippen LogP contribution in [0.25, 0.3) is 10.9 Å². The minimum atomic E-state index is -1.14. The summed E-state index contributed by atoms with van der Waals surface area (Å²) in [7, 11) is 0. The van der Waals surface area contributed by atoms with Crippen molar-refractivity contribution < 1.29 is 24.5 Å². The van der Waals surface area contributed by atoms with Crippen molar-refractivity contribution in [3.8, 4) is 11.5 Å². The first-order chi connectivity index (χ1) is 11.0. The molecule has 1 heterocycles. The molecule has 6 heteroatoms. The molecule has 3 N–H and O–H groups in total. The molecule has 5 nitrogen and oxygen atoms in total. The Morgan fingerprint density at radius 3 is 2.43 bits per heavy atom. The fourth-order valence-electron chi connectivity index (χ4n) is 2.68. The molecule has 0 unspecified atom stereocenters. The summed E-state index contributed by atoms with van der Waals surface area (Å²) in [5, 5.41) is 28.7. The summed E-state index contributed by atoms with van der Waals surface area (Å²) >= 11 is 0. The van der Waals surface area contributed by atoms with E-state index in [1.807, 2.05) is 0 Å². The number of hydrogen-bond acceptors (Lipinski definition) is 3. The summed E-state index contributed by atoms with van der Waals surface area (Å²) in [4.78, 5) is 11.0. The number of phenols is 2. The van der Waals surface area contributed by atoms with Crippen molar-refractivity contribution in [2.75, 3.05) is 0 Å². The maximum Gasteiger partial charge on any atom is 0.308 e. The highest BCUT2D eigenvalue weighted by molar-refractivity contribution is 5.91. The van der Waals surface area contributed by atoms with E-state index in [1.165, 1.54) is 22.8 Å². The number of aromatic hydroxyl groups is 2. The smallest absolute Gasteiger partial charge is 0.308 e. The van der Waals surface area contributed by atoms with E-state index < -0.39 is 18.3 Å². The van der Waals surface area contributed by atoms with Gasteiger partial charge in [-0.2, -0.15) is 4.39 Å². The molecule has 1 aromatic heterocycles. The van der Waals surface area contributed by atoms with E-state index in [4.69, 9.17) is 5.11 Å². The number of aromatic nitrogens is 1. The Morgan fingerprint density at radius 2 is 1.78 bits per heavy atom. The third-order valence-electron chi connectivity index (χ3n) is 3.70. The van der Waals surface area contributed by atoms with E-state index in [0.29, 0.717) is 10.9 Å². The molecule has 3 aromatic rings. The number of carboxylic acid groups (broad SMARTS) is 1. The van der Waals surface area contributed by atoms with Crippen LogP contribution >= 0.6 is 0 Å². The van der Waals surface area contributed by atoms with Gasteiger partial charge in [-0.15, -0.1) is 0 Å². The van der Waals surface area contributed by atoms with Gasteiger partial charge in [0.05, 0.1) is 18.5 Å². The van der Waals surface area contributed by atoms with Crippen molar-refractivity contribution >= 4 is 16.9 Å². The average molecular weight is 315 g/mol. The highest BCUT2D eigenvalue weighted by atomic mass is 19.1. The third-order valence-corrected chi connectivity index (χ3v) is 3.70. The topological polar surface area (TPSA) is 82.7 Å². The molecule has 0 bridgehead atoms. The van der Waals surface area contributed by atoms with Gasteiger partial charge in [-0.1, -0.05) is 24.3 Å². The summed E-state index contributed by atoms with van der Waals surface area (Å²) in [5.41, 5.74) is 1.01. The Morgan fingerprint density at radius 1 is 1.09 bits per heavy atom. The summed E-state index contributed by atoms with van der Waals surface area (Å²) in [6.07, 6.45) is -0.464. The second-order valence-electron chi connectivity index (χ2n) is 5.27. The number of phenolic OH excluding ortho intramolecular Hbond substituents is 2. The van der Waals surface area contributed by atoms with Crippen LogP contribution in [0.5, 0.6) is 11.5 Å². The van der Waals surface area contributed by atoms with Crippen molar-refractivity contribution in [2.45, 2.75) is 13.0 Å². The Kier molecular flexibility index (Phi) is 3.65. The number of nitrogens with zero attached hydrogens (tertiary/aromatic N) is 1. The molecule has 0 saturated heterocycles. The molecule has 3 rings (SSSR count). The lowest BCUT2D eigenvalue weighted by atomic mass is 10.1. The molecule has 2 aromatic carbocycles. The predicted octanol–water partition coefficient (Wildman–Crippen LogP) is 2.87. The van der Waals surface area contributed by atoms with Crippen LogP contribution in [0.1, 0.15) is 11.1 Å². The molecular formula is C17H14FNO4. The fourth-order valence-corrected chi connectivity index (χ4v) is 2.68. The molecule has 0 saturated carbocycles. The molecule has 0 radical (unpaired) electrons. The van der Waals surface area contributed by atoms with Gasteiger partial charge in [0, 0.05) is 10.9 Å². The fraction of sp³-hybridized carbons (Fsp3) is 0.118. The van der Waals surface area contributed by atoms with Crippen LogP contribution in [0.15, 0.2) is 42.5 Å². The van der Waals surface area contributed by atoms with Crippen molar-refractivity contribution in [2.24, 2.45) is 0 Å². The third kappa shape index (κ3) is 2.70. The molecule has 0 amide bonds. The molecule has 118 valence electrons. The number of carbonyl (C=O) groups is 1. The quantitative estimate of drug-likeness (QED) is 0.691. The normalized spacial score (nSPS) is 11.0. The van der Waals surface area contributed by atoms with Crippen LogP contribution < -0.4 is 0 Å². The molecule has 0 spiro atoms. The van der Waals surface area contributed by atoms with Gasteiger partial charge in [-0.05, 0) is 23.8 Å². The van der Waals surface area contributed by atoms with Gasteiger partial charge >= 0.3 is 5.97 Å². The van der Waals surface area contributed by atoms with E-state index in [9.17, 15) is 19.4 Å². The van der Waals surface area contributed by atoms with Crippen LogP contribution in [0.3, 0.4) is 0 Å². The standard InChI is InChI=1S/C17H14FNO4/c18-17-13(8-15(22)23)12-2-1-3-14(21)16(12)19(17)9-10-4-6-11(20)7-5-10/h1-7,20-21H,8-9H2,(H,22,23). The van der Waals surface area contributed by atoms with E-state index in [0.717, 1.165) is 0 Å². The maximum absolute atomic E-state index is 14.7. The van der Waals surface area contributed by atoms with E-state index in [1.54, 1.807) is 24.3 Å². The molecule has 0 aliphatic rings. The summed E-state index contributed by atoms with van der Waals surface area (Å²) in [6, 6.07) is 10.8. The second-order valence-corrected chi connectivity index (χ2v) is 5.27. The van der Waals surface area contributed by atoms with Crippen molar-refractivity contribution in [3.05, 3.63) is 59.5 Å². The number of rotatable bonds is 4. The Bertz CT molecular complexity index is 884. The molecule has 0 atom stereocenters. The van der Waals surface area contributed by atoms with Gasteiger partial charge in [0.1, 0.15) is 11.5 Å². The van der Waals surface area contributed by atoms with E-state index in [2.05, 4.69) is 0 Å². The molecule has 0 aliphatic heterocycles. The zero-order valence-corrected chi connectivity index (χ0v) is 12.0. The molecular weight excluding hydrogens is 301 g/mol. The average Bonchev–Trinajstić information content (AvgIpc) is 2.76. The number of hydrogen-bond donors (Lipinski definition) is 3. The van der Waals surface area contributed by atoms with Gasteiger partial charge in [0.15, 0.2) is 5.95 Å². The monoisotopic (exact) mass is 315 g/mol. The number of halogens is 1. The second kappa shape index (κ2) is 5.64. The lowest BCUT2D eigenvalue weighted by Crippen LogP contribution is -2.06. The first-order valence-corrected chi connectivity index (χ1v) is 6.95. The molecule has 23 heavy (non-hydrogen) atoms. The number of para-hydroxylation sites is 1. The predicted molar refractivity (Wildman–Crippen MR) is 82.1 cm³/mol. The van der Waals surface area contributed by atoms with Gasteiger partial charge < -0.3 is 19.9 Å². The van der Waals surface area contributed by atoms with Crippen LogP contribution in [-0.4, -0.2) is 25.9 Å². The van der Waals surface area contributed by atoms with Gasteiger partial charge in [-0.3, -0.25) is 4.79 Å². The first kappa shape index (κ1) is 14.9. The van der Waals surface area contributed by atoms with Gasteiger partial charge in [-0.25, -0.2) is 0 Å². The lowest BCUT2D eigenvalue weighted by Gasteiger charge is -2.08. The summed E-state index contributed by atoms with van der Waals surface area (Å²) in [6.45, 7) is 0.111. The zero-order chi connectivity index (χ0) is 16.6. The van der Waals surface area contributed by atoms with E-state index in [-0.39, 0.29) is 29.1 Å². The van der Waals surface area contributed by atoms with Crippen molar-refractivity contribution in [1.29, 1.82) is 0 Å². The first-order valence-electron chi connectivity index (χ1n) is 6.95. The Balaban J connectivity index is 2.17. The van der Waals surface area contributed by atoms with Crippen LogP contribution in [-0.2, 0) is 17.8 Å². The lowest BCUT2D eigenvalue weighted by molar-refractivity contribution is -0.136. The number of aliphatic carboxylic acids is 1. The van der Waals surface area contributed by atoms with Gasteiger partial charge in [0.25, 0.3) is 0 Å². The van der Waals surface area contributed by atoms with Crippen molar-refractivity contribution in [1.82, 2.24) is 4.57 Å². The highest BCUT2D eigenvalue weighted by Crippen LogP contribution is 2.32.